The van der Waals surface area contributed by atoms with Gasteiger partial charge in [-0.25, -0.2) is 0 Å². The van der Waals surface area contributed by atoms with Gasteiger partial charge in [-0.15, -0.1) is 0 Å². The van der Waals surface area contributed by atoms with E-state index in [2.05, 4.69) is 12.2 Å². The van der Waals surface area contributed by atoms with E-state index in [1.54, 1.807) is 6.26 Å². The molecule has 2 N–H and O–H groups in total. The van der Waals surface area contributed by atoms with Gasteiger partial charge in [0.05, 0.1) is 18.4 Å². The molecule has 1 aliphatic carbocycles. The Bertz CT molecular complexity index is 304. The molecule has 1 aliphatic rings. The molecule has 0 radical (unpaired) electrons. The first-order valence-electron chi connectivity index (χ1n) is 6.70. The topological polar surface area (TPSA) is 45.4 Å². The van der Waals surface area contributed by atoms with Crippen molar-refractivity contribution in [3.05, 3.63) is 24.2 Å². The molecule has 17 heavy (non-hydrogen) atoms. The third kappa shape index (κ3) is 3.86. The predicted octanol–water partition coefficient (Wildman–Crippen LogP) is 2.87. The van der Waals surface area contributed by atoms with E-state index in [4.69, 9.17) is 4.42 Å². The van der Waals surface area contributed by atoms with Crippen LogP contribution >= 0.6 is 0 Å². The lowest BCUT2D eigenvalue weighted by atomic mass is 10.00. The quantitative estimate of drug-likeness (QED) is 0.799. The summed E-state index contributed by atoms with van der Waals surface area (Å²) in [5.41, 5.74) is 0. The minimum atomic E-state index is -0.226. The lowest BCUT2D eigenvalue weighted by molar-refractivity contribution is 0.136. The van der Waals surface area contributed by atoms with Gasteiger partial charge in [0.1, 0.15) is 5.76 Å². The van der Waals surface area contributed by atoms with Crippen LogP contribution in [0.15, 0.2) is 22.8 Å². The van der Waals surface area contributed by atoms with Crippen molar-refractivity contribution in [3.8, 4) is 0 Å². The van der Waals surface area contributed by atoms with Crippen molar-refractivity contribution in [1.29, 1.82) is 0 Å². The zero-order valence-corrected chi connectivity index (χ0v) is 10.6. The third-order valence-electron chi connectivity index (χ3n) is 3.71. The minimum absolute atomic E-state index is 0.170. The van der Waals surface area contributed by atoms with Crippen molar-refractivity contribution < 1.29 is 9.52 Å². The van der Waals surface area contributed by atoms with Gasteiger partial charge in [-0.1, -0.05) is 25.7 Å². The van der Waals surface area contributed by atoms with Gasteiger partial charge in [0.25, 0.3) is 0 Å². The van der Waals surface area contributed by atoms with Gasteiger partial charge < -0.3 is 14.8 Å². The Hall–Kier alpha value is -0.800. The minimum Gasteiger partial charge on any atom is -0.468 e. The first-order chi connectivity index (χ1) is 8.25. The van der Waals surface area contributed by atoms with Gasteiger partial charge >= 0.3 is 0 Å². The molecule has 1 aromatic heterocycles. The molecule has 0 aliphatic heterocycles. The van der Waals surface area contributed by atoms with Crippen LogP contribution in [-0.4, -0.2) is 17.8 Å². The van der Waals surface area contributed by atoms with Crippen molar-refractivity contribution in [3.63, 3.8) is 0 Å². The lowest BCUT2D eigenvalue weighted by Gasteiger charge is -2.18. The van der Waals surface area contributed by atoms with E-state index in [1.807, 2.05) is 12.1 Å². The summed E-state index contributed by atoms with van der Waals surface area (Å²) in [7, 11) is 0. The molecule has 96 valence electrons. The van der Waals surface area contributed by atoms with Crippen LogP contribution in [0.1, 0.15) is 50.8 Å². The molecule has 3 heteroatoms. The lowest BCUT2D eigenvalue weighted by Crippen LogP contribution is -2.30. The normalized spacial score (nSPS) is 20.6. The van der Waals surface area contributed by atoms with Crippen molar-refractivity contribution in [2.45, 2.75) is 51.2 Å². The molecule has 2 atom stereocenters. The standard InChI is InChI=1S/C14H23NO2/c1-11(14-7-4-8-17-14)15-10-13(16)9-12-5-2-3-6-12/h4,7-8,11-13,15-16H,2-3,5-6,9-10H2,1H3/t11-,13?/m1/s1. The van der Waals surface area contributed by atoms with E-state index in [-0.39, 0.29) is 12.1 Å². The summed E-state index contributed by atoms with van der Waals surface area (Å²) in [4.78, 5) is 0. The van der Waals surface area contributed by atoms with Gasteiger partial charge in [0.15, 0.2) is 0 Å². The molecular weight excluding hydrogens is 214 g/mol. The Balaban J connectivity index is 1.66. The third-order valence-corrected chi connectivity index (χ3v) is 3.71. The zero-order valence-electron chi connectivity index (χ0n) is 10.6. The predicted molar refractivity (Wildman–Crippen MR) is 67.7 cm³/mol. The van der Waals surface area contributed by atoms with Crippen LogP contribution in [0.4, 0.5) is 0 Å². The van der Waals surface area contributed by atoms with Gasteiger partial charge in [0, 0.05) is 6.54 Å². The highest BCUT2D eigenvalue weighted by molar-refractivity contribution is 5.02. The zero-order chi connectivity index (χ0) is 12.1. The van der Waals surface area contributed by atoms with Crippen LogP contribution in [0.3, 0.4) is 0 Å². The maximum atomic E-state index is 9.96. The van der Waals surface area contributed by atoms with E-state index in [0.29, 0.717) is 6.54 Å². The fourth-order valence-electron chi connectivity index (χ4n) is 2.67. The first kappa shape index (κ1) is 12.7. The molecule has 1 aromatic rings. The molecule has 0 saturated heterocycles. The number of rotatable bonds is 6. The second-order valence-corrected chi connectivity index (χ2v) is 5.19. The Morgan fingerprint density at radius 1 is 1.47 bits per heavy atom. The molecule has 0 bridgehead atoms. The van der Waals surface area contributed by atoms with Crippen molar-refractivity contribution in [1.82, 2.24) is 5.32 Å². The molecule has 0 aromatic carbocycles. The SMILES string of the molecule is C[C@@H](NCC(O)CC1CCCC1)c1ccco1. The summed E-state index contributed by atoms with van der Waals surface area (Å²) in [6, 6.07) is 4.02. The number of hydrogen-bond acceptors (Lipinski definition) is 3. The van der Waals surface area contributed by atoms with Crippen molar-refractivity contribution >= 4 is 0 Å². The van der Waals surface area contributed by atoms with E-state index >= 15 is 0 Å². The smallest absolute Gasteiger partial charge is 0.120 e. The van der Waals surface area contributed by atoms with Crippen LogP contribution in [0.2, 0.25) is 0 Å². The van der Waals surface area contributed by atoms with E-state index < -0.39 is 0 Å². The van der Waals surface area contributed by atoms with E-state index in [0.717, 1.165) is 18.1 Å². The summed E-state index contributed by atoms with van der Waals surface area (Å²) in [6.07, 6.45) is 7.67. The summed E-state index contributed by atoms with van der Waals surface area (Å²) in [5, 5.41) is 13.3. The highest BCUT2D eigenvalue weighted by Crippen LogP contribution is 2.28. The van der Waals surface area contributed by atoms with E-state index in [9.17, 15) is 5.11 Å². The molecule has 2 rings (SSSR count). The second kappa shape index (κ2) is 6.22. The fraction of sp³-hybridized carbons (Fsp3) is 0.714. The number of furan rings is 1. The molecule has 0 spiro atoms. The fourth-order valence-corrected chi connectivity index (χ4v) is 2.67. The van der Waals surface area contributed by atoms with Gasteiger partial charge in [-0.3, -0.25) is 0 Å². The van der Waals surface area contributed by atoms with E-state index in [1.165, 1.54) is 25.7 Å². The summed E-state index contributed by atoms with van der Waals surface area (Å²) < 4.78 is 5.32. The Kier molecular flexibility index (Phi) is 4.63. The van der Waals surface area contributed by atoms with Crippen LogP contribution in [0.25, 0.3) is 0 Å². The van der Waals surface area contributed by atoms with Gasteiger partial charge in [-0.2, -0.15) is 0 Å². The van der Waals surface area contributed by atoms with Gasteiger partial charge in [0.2, 0.25) is 0 Å². The Morgan fingerprint density at radius 2 is 2.24 bits per heavy atom. The monoisotopic (exact) mass is 237 g/mol. The van der Waals surface area contributed by atoms with Crippen molar-refractivity contribution in [2.24, 2.45) is 5.92 Å². The highest BCUT2D eigenvalue weighted by Gasteiger charge is 2.19. The highest BCUT2D eigenvalue weighted by atomic mass is 16.3. The van der Waals surface area contributed by atoms with Crippen LogP contribution in [0, 0.1) is 5.92 Å². The number of nitrogens with one attached hydrogen (secondary N) is 1. The molecular formula is C14H23NO2. The van der Waals surface area contributed by atoms with Crippen LogP contribution in [0.5, 0.6) is 0 Å². The van der Waals surface area contributed by atoms with Crippen LogP contribution < -0.4 is 5.32 Å². The number of aliphatic hydroxyl groups is 1. The number of aliphatic hydroxyl groups excluding tert-OH is 1. The number of hydrogen-bond donors (Lipinski definition) is 2. The first-order valence-corrected chi connectivity index (χ1v) is 6.70. The van der Waals surface area contributed by atoms with Crippen LogP contribution in [-0.2, 0) is 0 Å². The molecule has 1 heterocycles. The molecule has 1 unspecified atom stereocenters. The Morgan fingerprint density at radius 3 is 2.88 bits per heavy atom. The summed E-state index contributed by atoms with van der Waals surface area (Å²) in [6.45, 7) is 2.71. The Labute approximate surface area is 103 Å². The molecule has 1 fully saturated rings. The average molecular weight is 237 g/mol. The average Bonchev–Trinajstić information content (AvgIpc) is 2.97. The second-order valence-electron chi connectivity index (χ2n) is 5.19. The maximum Gasteiger partial charge on any atom is 0.120 e. The molecule has 1 saturated carbocycles. The van der Waals surface area contributed by atoms with Gasteiger partial charge in [-0.05, 0) is 31.4 Å². The maximum absolute atomic E-state index is 9.96. The summed E-state index contributed by atoms with van der Waals surface area (Å²) in [5.74, 6) is 1.67. The molecule has 3 nitrogen and oxygen atoms in total. The molecule has 0 amide bonds. The van der Waals surface area contributed by atoms with Crippen molar-refractivity contribution in [2.75, 3.05) is 6.54 Å². The summed E-state index contributed by atoms with van der Waals surface area (Å²) >= 11 is 0. The largest absolute Gasteiger partial charge is 0.468 e.